The van der Waals surface area contributed by atoms with E-state index in [4.69, 9.17) is 4.74 Å². The minimum Gasteiger partial charge on any atom is -0.486 e. The highest BCUT2D eigenvalue weighted by Gasteiger charge is 2.17. The number of ether oxygens (including phenoxy) is 1. The Hall–Kier alpha value is -1.09. The maximum absolute atomic E-state index is 5.53. The van der Waals surface area contributed by atoms with E-state index >= 15 is 0 Å². The summed E-state index contributed by atoms with van der Waals surface area (Å²) in [5.41, 5.74) is 0. The van der Waals surface area contributed by atoms with Gasteiger partial charge in [0.1, 0.15) is 11.9 Å². The van der Waals surface area contributed by atoms with Gasteiger partial charge in [0.15, 0.2) is 0 Å². The molecule has 1 saturated heterocycles. The van der Waals surface area contributed by atoms with Crippen LogP contribution in [-0.2, 0) is 0 Å². The Morgan fingerprint density at radius 1 is 1.46 bits per heavy atom. The van der Waals surface area contributed by atoms with Crippen LogP contribution in [0.5, 0.6) is 5.75 Å². The molecule has 0 aromatic carbocycles. The van der Waals surface area contributed by atoms with Crippen LogP contribution in [0.2, 0.25) is 0 Å². The molecule has 13 heavy (non-hydrogen) atoms. The van der Waals surface area contributed by atoms with E-state index in [0.717, 1.165) is 18.8 Å². The molecule has 1 aromatic heterocycles. The highest BCUT2D eigenvalue weighted by atomic mass is 16.5. The summed E-state index contributed by atoms with van der Waals surface area (Å²) in [6.45, 7) is 5.91. The van der Waals surface area contributed by atoms with Crippen molar-refractivity contribution in [1.82, 2.24) is 10.3 Å². The first-order valence-electron chi connectivity index (χ1n) is 4.72. The van der Waals surface area contributed by atoms with Gasteiger partial charge in [0.2, 0.25) is 0 Å². The van der Waals surface area contributed by atoms with Gasteiger partial charge in [0, 0.05) is 19.3 Å². The second-order valence-electron chi connectivity index (χ2n) is 2.59. The van der Waals surface area contributed by atoms with Gasteiger partial charge in [-0.15, -0.1) is 0 Å². The molecule has 1 aromatic rings. The lowest BCUT2D eigenvalue weighted by molar-refractivity contribution is 0.142. The molecule has 0 aliphatic carbocycles. The van der Waals surface area contributed by atoms with Crippen molar-refractivity contribution < 1.29 is 4.74 Å². The van der Waals surface area contributed by atoms with Crippen LogP contribution in [0, 0.1) is 0 Å². The Morgan fingerprint density at radius 2 is 2.23 bits per heavy atom. The number of pyridine rings is 1. The first-order chi connectivity index (χ1) is 6.45. The molecular formula is C10H16N2O. The van der Waals surface area contributed by atoms with E-state index < -0.39 is 0 Å². The van der Waals surface area contributed by atoms with Crippen LogP contribution in [0.3, 0.4) is 0 Å². The Morgan fingerprint density at radius 3 is 2.69 bits per heavy atom. The highest BCUT2D eigenvalue weighted by Crippen LogP contribution is 2.10. The molecule has 3 heteroatoms. The van der Waals surface area contributed by atoms with Gasteiger partial charge in [-0.1, -0.05) is 13.8 Å². The molecule has 72 valence electrons. The third kappa shape index (κ3) is 3.03. The van der Waals surface area contributed by atoms with Gasteiger partial charge in [-0.25, -0.2) is 0 Å². The summed E-state index contributed by atoms with van der Waals surface area (Å²) in [7, 11) is 0. The molecule has 2 heterocycles. The third-order valence-corrected chi connectivity index (χ3v) is 1.68. The quantitative estimate of drug-likeness (QED) is 0.748. The number of rotatable bonds is 2. The van der Waals surface area contributed by atoms with Crippen molar-refractivity contribution in [2.45, 2.75) is 20.0 Å². The summed E-state index contributed by atoms with van der Waals surface area (Å²) in [5, 5.41) is 3.14. The summed E-state index contributed by atoms with van der Waals surface area (Å²) >= 11 is 0. The minimum absolute atomic E-state index is 0.346. The van der Waals surface area contributed by atoms with Gasteiger partial charge in [0.05, 0.1) is 6.20 Å². The van der Waals surface area contributed by atoms with Crippen molar-refractivity contribution in [2.24, 2.45) is 0 Å². The number of aromatic nitrogens is 1. The molecule has 1 aliphatic rings. The van der Waals surface area contributed by atoms with Gasteiger partial charge < -0.3 is 10.1 Å². The highest BCUT2D eigenvalue weighted by molar-refractivity contribution is 5.16. The zero-order chi connectivity index (χ0) is 9.52. The average molecular weight is 180 g/mol. The van der Waals surface area contributed by atoms with Crippen molar-refractivity contribution in [3.63, 3.8) is 0 Å². The second kappa shape index (κ2) is 5.54. The van der Waals surface area contributed by atoms with E-state index in [2.05, 4.69) is 10.3 Å². The lowest BCUT2D eigenvalue weighted by Gasteiger charge is -2.27. The van der Waals surface area contributed by atoms with Gasteiger partial charge in [-0.3, -0.25) is 4.98 Å². The van der Waals surface area contributed by atoms with Crippen LogP contribution >= 0.6 is 0 Å². The Labute approximate surface area is 79.1 Å². The van der Waals surface area contributed by atoms with Crippen molar-refractivity contribution >= 4 is 0 Å². The molecule has 0 bridgehead atoms. The van der Waals surface area contributed by atoms with Crippen molar-refractivity contribution in [3.8, 4) is 5.75 Å². The van der Waals surface area contributed by atoms with Gasteiger partial charge in [-0.2, -0.15) is 0 Å². The molecule has 0 amide bonds. The smallest absolute Gasteiger partial charge is 0.138 e. The van der Waals surface area contributed by atoms with Crippen molar-refractivity contribution in [1.29, 1.82) is 0 Å². The van der Waals surface area contributed by atoms with Crippen LogP contribution in [0.25, 0.3) is 0 Å². The lowest BCUT2D eigenvalue weighted by Crippen LogP contribution is -2.50. The van der Waals surface area contributed by atoms with E-state index in [1.54, 1.807) is 12.4 Å². The zero-order valence-corrected chi connectivity index (χ0v) is 8.16. The molecule has 0 spiro atoms. The normalized spacial score (nSPS) is 15.2. The summed E-state index contributed by atoms with van der Waals surface area (Å²) in [6.07, 6.45) is 3.82. The standard InChI is InChI=1S/C8H10N2O.C2H6/c1-2-7(4-9-3-1)11-8-5-10-6-8;1-2/h1-4,8,10H,5-6H2;1-2H3. The molecule has 1 aliphatic heterocycles. The number of nitrogens with zero attached hydrogens (tertiary/aromatic N) is 1. The van der Waals surface area contributed by atoms with Crippen molar-refractivity contribution in [2.75, 3.05) is 13.1 Å². The number of hydrogen-bond acceptors (Lipinski definition) is 3. The SMILES string of the molecule is CC.c1cncc(OC2CNC2)c1. The summed E-state index contributed by atoms with van der Waals surface area (Å²) in [5.74, 6) is 0.860. The molecule has 0 saturated carbocycles. The first kappa shape index (κ1) is 9.99. The molecule has 1 fully saturated rings. The number of nitrogens with one attached hydrogen (secondary N) is 1. The molecule has 1 N–H and O–H groups in total. The largest absolute Gasteiger partial charge is 0.486 e. The van der Waals surface area contributed by atoms with Crippen LogP contribution in [0.1, 0.15) is 13.8 Å². The minimum atomic E-state index is 0.346. The van der Waals surface area contributed by atoms with Gasteiger partial charge in [0.25, 0.3) is 0 Å². The average Bonchev–Trinajstić information content (AvgIpc) is 2.17. The fourth-order valence-electron chi connectivity index (χ4n) is 0.955. The summed E-state index contributed by atoms with van der Waals surface area (Å²) < 4.78 is 5.53. The van der Waals surface area contributed by atoms with Gasteiger partial charge in [-0.05, 0) is 12.1 Å². The maximum Gasteiger partial charge on any atom is 0.138 e. The Bertz CT molecular complexity index is 222. The van der Waals surface area contributed by atoms with Crippen LogP contribution in [-0.4, -0.2) is 24.2 Å². The van der Waals surface area contributed by atoms with Crippen LogP contribution in [0.4, 0.5) is 0 Å². The number of hydrogen-bond donors (Lipinski definition) is 1. The first-order valence-corrected chi connectivity index (χ1v) is 4.72. The van der Waals surface area contributed by atoms with Gasteiger partial charge >= 0.3 is 0 Å². The van der Waals surface area contributed by atoms with Crippen LogP contribution in [0.15, 0.2) is 24.5 Å². The predicted molar refractivity (Wildman–Crippen MR) is 52.9 cm³/mol. The Balaban J connectivity index is 0.000000396. The molecule has 0 atom stereocenters. The molecular weight excluding hydrogens is 164 g/mol. The Kier molecular flexibility index (Phi) is 4.26. The second-order valence-corrected chi connectivity index (χ2v) is 2.59. The topological polar surface area (TPSA) is 34.1 Å². The lowest BCUT2D eigenvalue weighted by atomic mass is 10.2. The molecule has 2 rings (SSSR count). The van der Waals surface area contributed by atoms with Crippen molar-refractivity contribution in [3.05, 3.63) is 24.5 Å². The summed E-state index contributed by atoms with van der Waals surface area (Å²) in [6, 6.07) is 3.80. The molecule has 3 nitrogen and oxygen atoms in total. The molecule has 0 radical (unpaired) electrons. The van der Waals surface area contributed by atoms with E-state index in [1.807, 2.05) is 26.0 Å². The zero-order valence-electron chi connectivity index (χ0n) is 8.16. The summed E-state index contributed by atoms with van der Waals surface area (Å²) in [4.78, 5) is 3.95. The molecule has 0 unspecified atom stereocenters. The maximum atomic E-state index is 5.53. The van der Waals surface area contributed by atoms with E-state index in [-0.39, 0.29) is 0 Å². The van der Waals surface area contributed by atoms with E-state index in [9.17, 15) is 0 Å². The van der Waals surface area contributed by atoms with E-state index in [0.29, 0.717) is 6.10 Å². The fraction of sp³-hybridized carbons (Fsp3) is 0.500. The fourth-order valence-corrected chi connectivity index (χ4v) is 0.955. The third-order valence-electron chi connectivity index (χ3n) is 1.68. The van der Waals surface area contributed by atoms with E-state index in [1.165, 1.54) is 0 Å². The van der Waals surface area contributed by atoms with Crippen LogP contribution < -0.4 is 10.1 Å². The monoisotopic (exact) mass is 180 g/mol. The predicted octanol–water partition coefficient (Wildman–Crippen LogP) is 1.46.